The lowest BCUT2D eigenvalue weighted by Gasteiger charge is -2.34. The Balaban J connectivity index is 2.19. The lowest BCUT2D eigenvalue weighted by molar-refractivity contribution is 0.0706. The zero-order chi connectivity index (χ0) is 13.3. The minimum Gasteiger partial charge on any atom is -0.337 e. The zero-order valence-electron chi connectivity index (χ0n) is 10.6. The summed E-state index contributed by atoms with van der Waals surface area (Å²) in [5, 5.41) is 0.576. The molecule has 4 heteroatoms. The van der Waals surface area contributed by atoms with Crippen molar-refractivity contribution in [2.24, 2.45) is 5.92 Å². The average molecular weight is 331 g/mol. The van der Waals surface area contributed by atoms with Crippen LogP contribution in [0.2, 0.25) is 5.02 Å². The van der Waals surface area contributed by atoms with E-state index in [0.29, 0.717) is 21.3 Å². The minimum atomic E-state index is 0.0417. The fraction of sp³-hybridized carbons (Fsp3) is 0.500. The molecule has 1 saturated heterocycles. The van der Waals surface area contributed by atoms with Crippen LogP contribution in [0.4, 0.5) is 0 Å². The number of nitrogens with zero attached hydrogens (tertiary/aromatic N) is 1. The Hall–Kier alpha value is -0.540. The highest BCUT2D eigenvalue weighted by atomic mass is 79.9. The van der Waals surface area contributed by atoms with E-state index in [-0.39, 0.29) is 5.91 Å². The Bertz CT molecular complexity index is 463. The van der Waals surface area contributed by atoms with Gasteiger partial charge >= 0.3 is 0 Å². The van der Waals surface area contributed by atoms with Gasteiger partial charge < -0.3 is 4.90 Å². The van der Waals surface area contributed by atoms with Gasteiger partial charge in [-0.3, -0.25) is 4.79 Å². The van der Waals surface area contributed by atoms with Gasteiger partial charge in [0.1, 0.15) is 0 Å². The van der Waals surface area contributed by atoms with Crippen LogP contribution in [0.3, 0.4) is 0 Å². The molecule has 0 saturated carbocycles. The van der Waals surface area contributed by atoms with Gasteiger partial charge in [-0.15, -0.1) is 0 Å². The van der Waals surface area contributed by atoms with Crippen LogP contribution in [0.1, 0.15) is 29.3 Å². The number of benzene rings is 1. The molecule has 1 aliphatic heterocycles. The molecule has 0 bridgehead atoms. The predicted molar refractivity (Wildman–Crippen MR) is 78.6 cm³/mol. The monoisotopic (exact) mass is 329 g/mol. The molecule has 1 aromatic carbocycles. The second-order valence-corrected chi connectivity index (χ2v) is 6.52. The lowest BCUT2D eigenvalue weighted by Crippen LogP contribution is -2.43. The zero-order valence-corrected chi connectivity index (χ0v) is 13.0. The van der Waals surface area contributed by atoms with E-state index in [0.717, 1.165) is 25.1 Å². The molecular formula is C14H17BrClNO. The highest BCUT2D eigenvalue weighted by molar-refractivity contribution is 9.09. The summed E-state index contributed by atoms with van der Waals surface area (Å²) < 4.78 is 0. The number of likely N-dealkylation sites (tertiary alicyclic amines) is 1. The first-order valence-electron chi connectivity index (χ1n) is 6.19. The van der Waals surface area contributed by atoms with Crippen LogP contribution in [0.5, 0.6) is 0 Å². The Kier molecular flexibility index (Phi) is 4.33. The normalized spacial score (nSPS) is 24.1. The van der Waals surface area contributed by atoms with Gasteiger partial charge in [0.25, 0.3) is 5.91 Å². The van der Waals surface area contributed by atoms with Gasteiger partial charge in [-0.1, -0.05) is 46.6 Å². The number of carbonyl (C=O) groups excluding carboxylic acids is 1. The van der Waals surface area contributed by atoms with E-state index in [1.165, 1.54) is 0 Å². The first-order chi connectivity index (χ1) is 8.50. The van der Waals surface area contributed by atoms with E-state index in [9.17, 15) is 4.79 Å². The molecular weight excluding hydrogens is 314 g/mol. The molecule has 0 aromatic heterocycles. The third-order valence-corrected chi connectivity index (χ3v) is 5.27. The van der Waals surface area contributed by atoms with Gasteiger partial charge in [0.05, 0.1) is 10.6 Å². The molecule has 2 unspecified atom stereocenters. The second-order valence-electron chi connectivity index (χ2n) is 4.97. The van der Waals surface area contributed by atoms with E-state index in [1.54, 1.807) is 6.07 Å². The molecule has 0 spiro atoms. The maximum Gasteiger partial charge on any atom is 0.255 e. The molecule has 1 aromatic rings. The quantitative estimate of drug-likeness (QED) is 0.715. The van der Waals surface area contributed by atoms with Gasteiger partial charge in [-0.2, -0.15) is 0 Å². The van der Waals surface area contributed by atoms with Crippen LogP contribution in [0.25, 0.3) is 0 Å². The number of amides is 1. The van der Waals surface area contributed by atoms with E-state index in [4.69, 9.17) is 11.6 Å². The average Bonchev–Trinajstić information content (AvgIpc) is 2.35. The number of carbonyl (C=O) groups is 1. The van der Waals surface area contributed by atoms with E-state index >= 15 is 0 Å². The van der Waals surface area contributed by atoms with Crippen molar-refractivity contribution in [2.75, 3.05) is 13.1 Å². The maximum absolute atomic E-state index is 12.4. The Morgan fingerprint density at radius 1 is 1.50 bits per heavy atom. The Morgan fingerprint density at radius 3 is 2.89 bits per heavy atom. The van der Waals surface area contributed by atoms with Crippen molar-refractivity contribution >= 4 is 33.4 Å². The highest BCUT2D eigenvalue weighted by Gasteiger charge is 2.28. The van der Waals surface area contributed by atoms with Gasteiger partial charge in [0, 0.05) is 17.9 Å². The van der Waals surface area contributed by atoms with E-state index in [2.05, 4.69) is 22.9 Å². The summed E-state index contributed by atoms with van der Waals surface area (Å²) in [6.07, 6.45) is 1.03. The fourth-order valence-electron chi connectivity index (χ4n) is 2.19. The largest absolute Gasteiger partial charge is 0.337 e. The van der Waals surface area contributed by atoms with Crippen molar-refractivity contribution in [2.45, 2.75) is 25.1 Å². The molecule has 0 radical (unpaired) electrons. The van der Waals surface area contributed by atoms with Gasteiger partial charge in [0.15, 0.2) is 0 Å². The summed E-state index contributed by atoms with van der Waals surface area (Å²) in [6.45, 7) is 5.70. The summed E-state index contributed by atoms with van der Waals surface area (Å²) in [6, 6.07) is 5.61. The van der Waals surface area contributed by atoms with Crippen molar-refractivity contribution in [1.82, 2.24) is 4.90 Å². The van der Waals surface area contributed by atoms with E-state index in [1.807, 2.05) is 24.0 Å². The fourth-order valence-corrected chi connectivity index (χ4v) is 3.01. The first kappa shape index (κ1) is 13.9. The molecule has 1 amide bonds. The minimum absolute atomic E-state index is 0.0417. The second kappa shape index (κ2) is 5.62. The number of rotatable bonds is 1. The molecule has 0 N–H and O–H groups in total. The van der Waals surface area contributed by atoms with Gasteiger partial charge in [0.2, 0.25) is 0 Å². The molecule has 0 aliphatic carbocycles. The number of hydrogen-bond donors (Lipinski definition) is 0. The van der Waals surface area contributed by atoms with Crippen LogP contribution >= 0.6 is 27.5 Å². The van der Waals surface area contributed by atoms with Crippen molar-refractivity contribution < 1.29 is 4.79 Å². The third-order valence-electron chi connectivity index (χ3n) is 3.58. The first-order valence-corrected chi connectivity index (χ1v) is 7.48. The molecule has 2 rings (SSSR count). The van der Waals surface area contributed by atoms with Crippen molar-refractivity contribution in [1.29, 1.82) is 0 Å². The SMILES string of the molecule is Cc1cccc(C(=O)N2CCC(C)C(Br)C2)c1Cl. The highest BCUT2D eigenvalue weighted by Crippen LogP contribution is 2.27. The number of halogens is 2. The molecule has 98 valence electrons. The predicted octanol–water partition coefficient (Wildman–Crippen LogP) is 3.89. The lowest BCUT2D eigenvalue weighted by atomic mass is 9.98. The number of hydrogen-bond acceptors (Lipinski definition) is 1. The number of alkyl halides is 1. The molecule has 2 atom stereocenters. The smallest absolute Gasteiger partial charge is 0.255 e. The van der Waals surface area contributed by atoms with Crippen molar-refractivity contribution in [3.05, 3.63) is 34.3 Å². The van der Waals surface area contributed by atoms with Crippen LogP contribution in [-0.4, -0.2) is 28.7 Å². The van der Waals surface area contributed by atoms with Crippen LogP contribution in [0, 0.1) is 12.8 Å². The van der Waals surface area contributed by atoms with Crippen molar-refractivity contribution in [3.8, 4) is 0 Å². The van der Waals surface area contributed by atoms with Crippen molar-refractivity contribution in [3.63, 3.8) is 0 Å². The van der Waals surface area contributed by atoms with Crippen LogP contribution < -0.4 is 0 Å². The molecule has 1 heterocycles. The molecule has 18 heavy (non-hydrogen) atoms. The summed E-state index contributed by atoms with van der Waals surface area (Å²) in [5.74, 6) is 0.655. The molecule has 1 aliphatic rings. The molecule has 1 fully saturated rings. The topological polar surface area (TPSA) is 20.3 Å². The summed E-state index contributed by atoms with van der Waals surface area (Å²) in [7, 11) is 0. The summed E-state index contributed by atoms with van der Waals surface area (Å²) in [4.78, 5) is 14.7. The van der Waals surface area contributed by atoms with Crippen LogP contribution in [-0.2, 0) is 0 Å². The number of piperidine rings is 1. The number of aryl methyl sites for hydroxylation is 1. The van der Waals surface area contributed by atoms with Gasteiger partial charge in [-0.25, -0.2) is 0 Å². The van der Waals surface area contributed by atoms with Gasteiger partial charge in [-0.05, 0) is 30.9 Å². The third kappa shape index (κ3) is 2.72. The van der Waals surface area contributed by atoms with E-state index < -0.39 is 0 Å². The summed E-state index contributed by atoms with van der Waals surface area (Å²) in [5.41, 5.74) is 1.56. The standard InChI is InChI=1S/C14H17BrClNO/c1-9-6-7-17(8-12(9)15)14(18)11-5-3-4-10(2)13(11)16/h3-5,9,12H,6-8H2,1-2H3. The maximum atomic E-state index is 12.4. The molecule has 2 nitrogen and oxygen atoms in total. The van der Waals surface area contributed by atoms with Crippen LogP contribution in [0.15, 0.2) is 18.2 Å². The summed E-state index contributed by atoms with van der Waals surface area (Å²) >= 11 is 9.85. The Labute approximate surface area is 121 Å². The Morgan fingerprint density at radius 2 is 2.22 bits per heavy atom.